The van der Waals surface area contributed by atoms with Crippen LogP contribution in [0.1, 0.15) is 32.4 Å². The lowest BCUT2D eigenvalue weighted by molar-refractivity contribution is 0.0986. The van der Waals surface area contributed by atoms with E-state index in [9.17, 15) is 9.18 Å². The minimum absolute atomic E-state index is 0.158. The molecule has 0 radical (unpaired) electrons. The summed E-state index contributed by atoms with van der Waals surface area (Å²) in [6, 6.07) is 11.2. The van der Waals surface area contributed by atoms with E-state index in [2.05, 4.69) is 0 Å². The van der Waals surface area contributed by atoms with Crippen molar-refractivity contribution < 1.29 is 9.18 Å². The summed E-state index contributed by atoms with van der Waals surface area (Å²) in [5, 5.41) is -0.791. The first kappa shape index (κ1) is 13.8. The number of carbonyl (C=O) groups is 1. The van der Waals surface area contributed by atoms with Gasteiger partial charge in [-0.1, -0.05) is 30.3 Å². The van der Waals surface area contributed by atoms with E-state index in [-0.39, 0.29) is 11.6 Å². The number of ketones is 1. The fourth-order valence-electron chi connectivity index (χ4n) is 1.94. The molecule has 0 aromatic heterocycles. The summed E-state index contributed by atoms with van der Waals surface area (Å²) in [6.07, 6.45) is 0. The minimum Gasteiger partial charge on any atom is -0.292 e. The largest absolute Gasteiger partial charge is 0.292 e. The molecule has 1 nitrogen and oxygen atoms in total. The Kier molecular flexibility index (Phi) is 4.01. The molecular weight excluding hydrogens is 263 g/mol. The highest BCUT2D eigenvalue weighted by atomic mass is 35.5. The van der Waals surface area contributed by atoms with Crippen molar-refractivity contribution in [2.24, 2.45) is 0 Å². The highest BCUT2D eigenvalue weighted by molar-refractivity contribution is 6.34. The number of alkyl halides is 1. The molecular formula is C16H14ClFO. The van der Waals surface area contributed by atoms with E-state index < -0.39 is 5.38 Å². The highest BCUT2D eigenvalue weighted by Crippen LogP contribution is 2.27. The average molecular weight is 277 g/mol. The van der Waals surface area contributed by atoms with Crippen LogP contribution in [0.15, 0.2) is 42.5 Å². The molecule has 0 N–H and O–H groups in total. The third kappa shape index (κ3) is 2.85. The zero-order valence-electron chi connectivity index (χ0n) is 10.8. The van der Waals surface area contributed by atoms with Crippen molar-refractivity contribution in [3.63, 3.8) is 0 Å². The summed E-state index contributed by atoms with van der Waals surface area (Å²) in [6.45, 7) is 3.85. The van der Waals surface area contributed by atoms with Gasteiger partial charge in [0.1, 0.15) is 11.2 Å². The molecule has 0 amide bonds. The number of hydrogen-bond acceptors (Lipinski definition) is 1. The SMILES string of the molecule is Cc1cccc(C(=O)C(Cl)c2ccc(F)cc2)c1C. The first-order valence-corrected chi connectivity index (χ1v) is 6.44. The van der Waals surface area contributed by atoms with Gasteiger partial charge in [0.05, 0.1) is 0 Å². The van der Waals surface area contributed by atoms with Gasteiger partial charge in [-0.2, -0.15) is 0 Å². The Bertz CT molecular complexity index is 605. The molecule has 0 aliphatic heterocycles. The zero-order chi connectivity index (χ0) is 14.0. The first-order valence-electron chi connectivity index (χ1n) is 6.00. The summed E-state index contributed by atoms with van der Waals surface area (Å²) in [4.78, 5) is 12.4. The predicted octanol–water partition coefficient (Wildman–Crippen LogP) is 4.61. The van der Waals surface area contributed by atoms with Gasteiger partial charge in [-0.3, -0.25) is 4.79 Å². The second-order valence-corrected chi connectivity index (χ2v) is 4.96. The van der Waals surface area contributed by atoms with Gasteiger partial charge in [-0.05, 0) is 42.7 Å². The summed E-state index contributed by atoms with van der Waals surface area (Å²) >= 11 is 6.20. The molecule has 0 saturated carbocycles. The van der Waals surface area contributed by atoms with Crippen LogP contribution in [0, 0.1) is 19.7 Å². The van der Waals surface area contributed by atoms with Crippen LogP contribution in [0.5, 0.6) is 0 Å². The maximum atomic E-state index is 12.9. The lowest BCUT2D eigenvalue weighted by atomic mass is 9.96. The molecule has 0 aliphatic carbocycles. The summed E-state index contributed by atoms with van der Waals surface area (Å²) < 4.78 is 12.9. The number of carbonyl (C=O) groups excluding carboxylic acids is 1. The molecule has 1 atom stereocenters. The van der Waals surface area contributed by atoms with Crippen molar-refractivity contribution in [3.05, 3.63) is 70.5 Å². The van der Waals surface area contributed by atoms with E-state index in [0.717, 1.165) is 11.1 Å². The fraction of sp³-hybridized carbons (Fsp3) is 0.188. The third-order valence-corrected chi connectivity index (χ3v) is 3.71. The first-order chi connectivity index (χ1) is 9.00. The van der Waals surface area contributed by atoms with Crippen LogP contribution in [0.2, 0.25) is 0 Å². The molecule has 0 aliphatic rings. The van der Waals surface area contributed by atoms with Crippen molar-refractivity contribution in [3.8, 4) is 0 Å². The fourth-order valence-corrected chi connectivity index (χ4v) is 2.20. The lowest BCUT2D eigenvalue weighted by Crippen LogP contribution is -2.10. The lowest BCUT2D eigenvalue weighted by Gasteiger charge is -2.12. The molecule has 98 valence electrons. The van der Waals surface area contributed by atoms with Gasteiger partial charge in [0, 0.05) is 5.56 Å². The van der Waals surface area contributed by atoms with Gasteiger partial charge in [0.25, 0.3) is 0 Å². The quantitative estimate of drug-likeness (QED) is 0.591. The third-order valence-electron chi connectivity index (χ3n) is 3.26. The number of benzene rings is 2. The van der Waals surface area contributed by atoms with Gasteiger partial charge in [0.15, 0.2) is 5.78 Å². The normalized spacial score (nSPS) is 12.2. The Morgan fingerprint density at radius 3 is 2.37 bits per heavy atom. The molecule has 0 fully saturated rings. The molecule has 19 heavy (non-hydrogen) atoms. The number of hydrogen-bond donors (Lipinski definition) is 0. The Balaban J connectivity index is 2.33. The second kappa shape index (κ2) is 5.54. The van der Waals surface area contributed by atoms with Crippen LogP contribution < -0.4 is 0 Å². The highest BCUT2D eigenvalue weighted by Gasteiger charge is 2.21. The minimum atomic E-state index is -0.791. The molecule has 2 aromatic carbocycles. The van der Waals surface area contributed by atoms with Crippen LogP contribution in [0.3, 0.4) is 0 Å². The second-order valence-electron chi connectivity index (χ2n) is 4.53. The maximum Gasteiger partial charge on any atom is 0.185 e. The standard InChI is InChI=1S/C16H14ClFO/c1-10-4-3-5-14(11(10)2)16(19)15(17)12-6-8-13(18)9-7-12/h3-9,15H,1-2H3. The van der Waals surface area contributed by atoms with Crippen LogP contribution >= 0.6 is 11.6 Å². The Hall–Kier alpha value is -1.67. The van der Waals surface area contributed by atoms with Crippen LogP contribution in [0.4, 0.5) is 4.39 Å². The Morgan fingerprint density at radius 1 is 1.11 bits per heavy atom. The zero-order valence-corrected chi connectivity index (χ0v) is 11.5. The Morgan fingerprint density at radius 2 is 1.74 bits per heavy atom. The molecule has 2 aromatic rings. The summed E-state index contributed by atoms with van der Waals surface area (Å²) in [7, 11) is 0. The van der Waals surface area contributed by atoms with E-state index in [4.69, 9.17) is 11.6 Å². The maximum absolute atomic E-state index is 12.9. The molecule has 1 unspecified atom stereocenters. The van der Waals surface area contributed by atoms with Crippen molar-refractivity contribution in [2.75, 3.05) is 0 Å². The molecule has 2 rings (SSSR count). The van der Waals surface area contributed by atoms with E-state index >= 15 is 0 Å². The van der Waals surface area contributed by atoms with Crippen LogP contribution in [-0.4, -0.2) is 5.78 Å². The Labute approximate surface area is 117 Å². The van der Waals surface area contributed by atoms with Gasteiger partial charge in [0.2, 0.25) is 0 Å². The summed E-state index contributed by atoms with van der Waals surface area (Å²) in [5.41, 5.74) is 3.20. The van der Waals surface area contributed by atoms with E-state index in [1.807, 2.05) is 26.0 Å². The van der Waals surface area contributed by atoms with Gasteiger partial charge in [-0.15, -0.1) is 11.6 Å². The van der Waals surface area contributed by atoms with Crippen molar-refractivity contribution in [1.29, 1.82) is 0 Å². The average Bonchev–Trinajstić information content (AvgIpc) is 2.41. The molecule has 0 bridgehead atoms. The monoisotopic (exact) mass is 276 g/mol. The van der Waals surface area contributed by atoms with Gasteiger partial charge in [-0.25, -0.2) is 4.39 Å². The summed E-state index contributed by atoms with van der Waals surface area (Å²) in [5.74, 6) is -0.499. The van der Waals surface area contributed by atoms with E-state index in [1.54, 1.807) is 6.07 Å². The van der Waals surface area contributed by atoms with Crippen molar-refractivity contribution in [2.45, 2.75) is 19.2 Å². The predicted molar refractivity (Wildman–Crippen MR) is 75.2 cm³/mol. The number of rotatable bonds is 3. The number of halogens is 2. The van der Waals surface area contributed by atoms with Gasteiger partial charge >= 0.3 is 0 Å². The molecule has 0 heterocycles. The van der Waals surface area contributed by atoms with Crippen molar-refractivity contribution in [1.82, 2.24) is 0 Å². The topological polar surface area (TPSA) is 17.1 Å². The smallest absolute Gasteiger partial charge is 0.185 e. The molecule has 3 heteroatoms. The molecule has 0 spiro atoms. The number of Topliss-reactive ketones (excluding diaryl/α,β-unsaturated/α-hetero) is 1. The number of aryl methyl sites for hydroxylation is 1. The van der Waals surface area contributed by atoms with Crippen LogP contribution in [-0.2, 0) is 0 Å². The van der Waals surface area contributed by atoms with E-state index in [0.29, 0.717) is 11.1 Å². The van der Waals surface area contributed by atoms with E-state index in [1.165, 1.54) is 24.3 Å². The van der Waals surface area contributed by atoms with Gasteiger partial charge < -0.3 is 0 Å². The molecule has 0 saturated heterocycles. The van der Waals surface area contributed by atoms with Crippen molar-refractivity contribution >= 4 is 17.4 Å². The van der Waals surface area contributed by atoms with Crippen LogP contribution in [0.25, 0.3) is 0 Å².